The number of aromatic nitrogens is 1. The van der Waals surface area contributed by atoms with E-state index < -0.39 is 17.4 Å². The summed E-state index contributed by atoms with van der Waals surface area (Å²) in [5.74, 6) is -1.26. The lowest BCUT2D eigenvalue weighted by Crippen LogP contribution is -2.43. The number of aliphatic imine (C=N–C) groups is 1. The molecule has 0 aliphatic carbocycles. The van der Waals surface area contributed by atoms with E-state index in [4.69, 9.17) is 10.8 Å². The Labute approximate surface area is 156 Å². The van der Waals surface area contributed by atoms with E-state index in [1.165, 1.54) is 24.0 Å². The number of para-hydroxylation sites is 2. The summed E-state index contributed by atoms with van der Waals surface area (Å²) in [5.41, 5.74) is 7.19. The van der Waals surface area contributed by atoms with Crippen LogP contribution in [0.3, 0.4) is 0 Å². The van der Waals surface area contributed by atoms with Crippen LogP contribution in [0.1, 0.15) is 18.9 Å². The van der Waals surface area contributed by atoms with Gasteiger partial charge in [-0.1, -0.05) is 36.4 Å². The molecule has 138 valence electrons. The number of H-pyrrole nitrogens is 1. The predicted molar refractivity (Wildman–Crippen MR) is 105 cm³/mol. The smallest absolute Gasteiger partial charge is 0.320 e. The molecule has 3 aromatic rings. The molecule has 2 aromatic carbocycles. The van der Waals surface area contributed by atoms with Crippen molar-refractivity contribution in [2.75, 3.05) is 0 Å². The van der Waals surface area contributed by atoms with Crippen molar-refractivity contribution in [3.05, 3.63) is 66.4 Å². The standard InChI is InChI=1S/C13H14N2O3.C8H7N/c1-8(16)13(6-10(14)12(17)18)7-15-11-5-3-2-4-9(11)13;1-2-4-8-7(3-1)5-6-9-8/h2-5,7,10H,6,14H2,1H3,(H,17,18);1-6,9H/t10-,13?;/m0./s1. The van der Waals surface area contributed by atoms with Crippen molar-refractivity contribution < 1.29 is 14.7 Å². The Bertz CT molecular complexity index is 978. The number of carboxylic acid groups (broad SMARTS) is 1. The Morgan fingerprint density at radius 1 is 1.15 bits per heavy atom. The zero-order valence-corrected chi connectivity index (χ0v) is 14.9. The summed E-state index contributed by atoms with van der Waals surface area (Å²) in [5, 5.41) is 10.2. The fraction of sp³-hybridized carbons (Fsp3) is 0.190. The second-order valence-electron chi connectivity index (χ2n) is 6.52. The Kier molecular flexibility index (Phi) is 5.19. The molecule has 4 N–H and O–H groups in total. The lowest BCUT2D eigenvalue weighted by Gasteiger charge is -2.26. The van der Waals surface area contributed by atoms with Gasteiger partial charge >= 0.3 is 5.97 Å². The van der Waals surface area contributed by atoms with Gasteiger partial charge in [0.2, 0.25) is 0 Å². The highest BCUT2D eigenvalue weighted by atomic mass is 16.4. The molecule has 1 aromatic heterocycles. The highest BCUT2D eigenvalue weighted by Crippen LogP contribution is 2.40. The second-order valence-corrected chi connectivity index (χ2v) is 6.52. The van der Waals surface area contributed by atoms with Gasteiger partial charge in [0.25, 0.3) is 0 Å². The van der Waals surface area contributed by atoms with Crippen molar-refractivity contribution in [2.45, 2.75) is 24.8 Å². The number of Topliss-reactive ketones (excluding diaryl/α,β-unsaturated/α-hetero) is 1. The Hall–Kier alpha value is -3.25. The number of rotatable bonds is 4. The van der Waals surface area contributed by atoms with E-state index in [1.807, 2.05) is 24.4 Å². The SMILES string of the molecule is CC(=O)C1(C[C@H](N)C(=O)O)C=Nc2ccccc21.c1ccc2[nH]ccc2c1. The molecule has 0 radical (unpaired) electrons. The quantitative estimate of drug-likeness (QED) is 0.661. The van der Waals surface area contributed by atoms with Crippen LogP contribution in [0, 0.1) is 0 Å². The first-order valence-electron chi connectivity index (χ1n) is 8.60. The number of hydrogen-bond acceptors (Lipinski definition) is 4. The summed E-state index contributed by atoms with van der Waals surface area (Å²) in [4.78, 5) is 30.1. The predicted octanol–water partition coefficient (Wildman–Crippen LogP) is 3.20. The van der Waals surface area contributed by atoms with Gasteiger partial charge in [-0.2, -0.15) is 0 Å². The zero-order valence-electron chi connectivity index (χ0n) is 14.9. The van der Waals surface area contributed by atoms with Gasteiger partial charge in [-0.25, -0.2) is 0 Å². The van der Waals surface area contributed by atoms with E-state index in [0.29, 0.717) is 5.69 Å². The van der Waals surface area contributed by atoms with Gasteiger partial charge in [0, 0.05) is 17.9 Å². The van der Waals surface area contributed by atoms with Crippen LogP contribution in [0.5, 0.6) is 0 Å². The van der Waals surface area contributed by atoms with Gasteiger partial charge in [-0.15, -0.1) is 0 Å². The Morgan fingerprint density at radius 3 is 2.56 bits per heavy atom. The first kappa shape index (κ1) is 18.5. The molecule has 0 saturated carbocycles. The molecule has 6 nitrogen and oxygen atoms in total. The molecular weight excluding hydrogens is 342 g/mol. The summed E-state index contributed by atoms with van der Waals surface area (Å²) in [6.07, 6.45) is 3.49. The van der Waals surface area contributed by atoms with Crippen LogP contribution < -0.4 is 5.73 Å². The number of carboxylic acids is 1. The van der Waals surface area contributed by atoms with Gasteiger partial charge < -0.3 is 15.8 Å². The molecule has 2 heterocycles. The molecule has 4 rings (SSSR count). The lowest BCUT2D eigenvalue weighted by atomic mass is 9.74. The van der Waals surface area contributed by atoms with Crippen molar-refractivity contribution >= 4 is 34.6 Å². The van der Waals surface area contributed by atoms with Crippen LogP contribution in [-0.4, -0.2) is 34.1 Å². The Balaban J connectivity index is 0.000000193. The third-order valence-electron chi connectivity index (χ3n) is 4.76. The van der Waals surface area contributed by atoms with Crippen molar-refractivity contribution in [1.82, 2.24) is 4.98 Å². The van der Waals surface area contributed by atoms with E-state index in [1.54, 1.807) is 18.2 Å². The Morgan fingerprint density at radius 2 is 1.85 bits per heavy atom. The first-order chi connectivity index (χ1) is 12.9. The normalized spacial score (nSPS) is 18.4. The second kappa shape index (κ2) is 7.55. The highest BCUT2D eigenvalue weighted by molar-refractivity contribution is 6.09. The van der Waals surface area contributed by atoms with E-state index in [0.717, 1.165) is 5.56 Å². The van der Waals surface area contributed by atoms with Gasteiger partial charge in [0.15, 0.2) is 0 Å². The topological polar surface area (TPSA) is 109 Å². The van der Waals surface area contributed by atoms with Gasteiger partial charge in [0.05, 0.1) is 11.1 Å². The number of fused-ring (bicyclic) bond motifs is 2. The zero-order chi connectivity index (χ0) is 19.4. The van der Waals surface area contributed by atoms with E-state index in [2.05, 4.69) is 28.2 Å². The van der Waals surface area contributed by atoms with Crippen molar-refractivity contribution in [3.63, 3.8) is 0 Å². The monoisotopic (exact) mass is 363 g/mol. The third kappa shape index (κ3) is 3.66. The highest BCUT2D eigenvalue weighted by Gasteiger charge is 2.43. The minimum absolute atomic E-state index is 0.0260. The summed E-state index contributed by atoms with van der Waals surface area (Å²) >= 11 is 0. The number of aromatic amines is 1. The fourth-order valence-electron chi connectivity index (χ4n) is 3.23. The van der Waals surface area contributed by atoms with Gasteiger partial charge in [-0.05, 0) is 42.5 Å². The number of aliphatic carboxylic acids is 1. The molecule has 6 heteroatoms. The summed E-state index contributed by atoms with van der Waals surface area (Å²) in [7, 11) is 0. The summed E-state index contributed by atoms with van der Waals surface area (Å²) < 4.78 is 0. The molecule has 0 spiro atoms. The molecule has 0 fully saturated rings. The number of nitrogens with two attached hydrogens (primary N) is 1. The fourth-order valence-corrected chi connectivity index (χ4v) is 3.23. The van der Waals surface area contributed by atoms with Crippen LogP contribution in [0.25, 0.3) is 10.9 Å². The van der Waals surface area contributed by atoms with Crippen molar-refractivity contribution in [2.24, 2.45) is 10.7 Å². The molecule has 1 aliphatic heterocycles. The molecule has 0 amide bonds. The maximum atomic E-state index is 11.9. The number of carbonyl (C=O) groups excluding carboxylic acids is 1. The molecule has 1 unspecified atom stereocenters. The molecule has 0 saturated heterocycles. The van der Waals surface area contributed by atoms with Crippen molar-refractivity contribution in [1.29, 1.82) is 0 Å². The van der Waals surface area contributed by atoms with E-state index in [9.17, 15) is 9.59 Å². The number of nitrogens with zero attached hydrogens (tertiary/aromatic N) is 1. The largest absolute Gasteiger partial charge is 0.480 e. The van der Waals surface area contributed by atoms with Gasteiger partial charge in [-0.3, -0.25) is 14.6 Å². The van der Waals surface area contributed by atoms with E-state index >= 15 is 0 Å². The molecule has 2 atom stereocenters. The van der Waals surface area contributed by atoms with Crippen LogP contribution in [0.15, 0.2) is 65.8 Å². The van der Waals surface area contributed by atoms with Gasteiger partial charge in [0.1, 0.15) is 11.8 Å². The number of hydrogen-bond donors (Lipinski definition) is 3. The molecule has 27 heavy (non-hydrogen) atoms. The number of ketones is 1. The average Bonchev–Trinajstić information content (AvgIpc) is 3.28. The van der Waals surface area contributed by atoms with Crippen LogP contribution in [-0.2, 0) is 15.0 Å². The third-order valence-corrected chi connectivity index (χ3v) is 4.76. The minimum atomic E-state index is -1.12. The van der Waals surface area contributed by atoms with Crippen LogP contribution in [0.4, 0.5) is 5.69 Å². The number of carbonyl (C=O) groups is 2. The number of benzene rings is 2. The van der Waals surface area contributed by atoms with E-state index in [-0.39, 0.29) is 12.2 Å². The molecular formula is C21H21N3O3. The average molecular weight is 363 g/mol. The molecule has 0 bridgehead atoms. The van der Waals surface area contributed by atoms with Crippen molar-refractivity contribution in [3.8, 4) is 0 Å². The lowest BCUT2D eigenvalue weighted by molar-refractivity contribution is -0.139. The first-order valence-corrected chi connectivity index (χ1v) is 8.60. The maximum Gasteiger partial charge on any atom is 0.320 e. The molecule has 1 aliphatic rings. The number of nitrogens with one attached hydrogen (secondary N) is 1. The van der Waals surface area contributed by atoms with Crippen LogP contribution >= 0.6 is 0 Å². The summed E-state index contributed by atoms with van der Waals surface area (Å²) in [6.45, 7) is 1.43. The summed E-state index contributed by atoms with van der Waals surface area (Å²) in [6, 6.07) is 16.4. The minimum Gasteiger partial charge on any atom is -0.480 e. The van der Waals surface area contributed by atoms with Crippen LogP contribution in [0.2, 0.25) is 0 Å². The maximum absolute atomic E-state index is 11.9.